The summed E-state index contributed by atoms with van der Waals surface area (Å²) in [5.74, 6) is 1.17. The third-order valence-electron chi connectivity index (χ3n) is 6.72. The Morgan fingerprint density at radius 1 is 1.06 bits per heavy atom. The van der Waals surface area contributed by atoms with Gasteiger partial charge >= 0.3 is 6.03 Å². The zero-order chi connectivity index (χ0) is 22.7. The van der Waals surface area contributed by atoms with Gasteiger partial charge in [0.25, 0.3) is 5.91 Å². The van der Waals surface area contributed by atoms with Gasteiger partial charge in [0.05, 0.1) is 0 Å². The number of nitrogens with zero attached hydrogens (tertiary/aromatic N) is 5. The third-order valence-corrected chi connectivity index (χ3v) is 6.72. The summed E-state index contributed by atoms with van der Waals surface area (Å²) in [4.78, 5) is 38.2. The van der Waals surface area contributed by atoms with Gasteiger partial charge in [-0.2, -0.15) is 0 Å². The Morgan fingerprint density at radius 3 is 2.47 bits per heavy atom. The standard InChI is InChI=1S/C24H36N6O2/c1-18(2)11-13-30-20-21(27(3)24(32)26-22(20)31)25-23(30)29-16-14-28(15-17-29)12-7-10-19-8-5-4-6-9-19/h4-6,8-9,18,20-21H,7,10-17H2,1-3H3,(H,26,31,32). The molecular formula is C24H36N6O2. The predicted molar refractivity (Wildman–Crippen MR) is 125 cm³/mol. The van der Waals surface area contributed by atoms with Crippen LogP contribution in [-0.2, 0) is 11.2 Å². The molecule has 1 aromatic rings. The minimum absolute atomic E-state index is 0.236. The van der Waals surface area contributed by atoms with Crippen LogP contribution in [0, 0.1) is 5.92 Å². The Labute approximate surface area is 191 Å². The van der Waals surface area contributed by atoms with Crippen LogP contribution in [0.5, 0.6) is 0 Å². The maximum Gasteiger partial charge on any atom is 0.325 e. The van der Waals surface area contributed by atoms with E-state index in [0.29, 0.717) is 5.92 Å². The van der Waals surface area contributed by atoms with Gasteiger partial charge in [0.1, 0.15) is 0 Å². The topological polar surface area (TPSA) is 71.5 Å². The summed E-state index contributed by atoms with van der Waals surface area (Å²) in [6.45, 7) is 10.00. The third kappa shape index (κ3) is 4.90. The first kappa shape index (κ1) is 22.6. The van der Waals surface area contributed by atoms with Crippen LogP contribution in [0.15, 0.2) is 35.3 Å². The largest absolute Gasteiger partial charge is 0.340 e. The van der Waals surface area contributed by atoms with Crippen LogP contribution in [0.25, 0.3) is 0 Å². The van der Waals surface area contributed by atoms with Gasteiger partial charge in [0.15, 0.2) is 18.2 Å². The first-order valence-electron chi connectivity index (χ1n) is 11.9. The zero-order valence-corrected chi connectivity index (χ0v) is 19.5. The van der Waals surface area contributed by atoms with E-state index >= 15 is 0 Å². The lowest BCUT2D eigenvalue weighted by Gasteiger charge is -2.40. The number of hydrogen-bond acceptors (Lipinski definition) is 6. The highest BCUT2D eigenvalue weighted by molar-refractivity contribution is 6.03. The molecule has 174 valence electrons. The summed E-state index contributed by atoms with van der Waals surface area (Å²) in [5, 5.41) is 2.49. The summed E-state index contributed by atoms with van der Waals surface area (Å²) in [6, 6.07) is 9.85. The zero-order valence-electron chi connectivity index (χ0n) is 19.5. The van der Waals surface area contributed by atoms with Gasteiger partial charge in [0.2, 0.25) is 0 Å². The van der Waals surface area contributed by atoms with Gasteiger partial charge in [0, 0.05) is 39.8 Å². The number of amides is 3. The van der Waals surface area contributed by atoms with E-state index in [0.717, 1.165) is 64.5 Å². The molecule has 4 rings (SSSR count). The first-order chi connectivity index (χ1) is 15.4. The monoisotopic (exact) mass is 440 g/mol. The van der Waals surface area contributed by atoms with E-state index in [-0.39, 0.29) is 11.9 Å². The number of hydrogen-bond donors (Lipinski definition) is 1. The minimum atomic E-state index is -0.442. The molecule has 0 saturated carbocycles. The molecule has 2 unspecified atom stereocenters. The molecule has 0 aromatic heterocycles. The van der Waals surface area contributed by atoms with Crippen LogP contribution in [0.3, 0.4) is 0 Å². The van der Waals surface area contributed by atoms with Gasteiger partial charge in [-0.05, 0) is 37.3 Å². The lowest BCUT2D eigenvalue weighted by molar-refractivity contribution is -0.127. The molecule has 3 aliphatic heterocycles. The Kier molecular flexibility index (Phi) is 6.98. The number of guanidine groups is 1. The molecule has 3 amide bonds. The summed E-state index contributed by atoms with van der Waals surface area (Å²) in [7, 11) is 1.72. The number of imide groups is 1. The minimum Gasteiger partial charge on any atom is -0.340 e. The van der Waals surface area contributed by atoms with Gasteiger partial charge in [-0.25, -0.2) is 9.79 Å². The highest BCUT2D eigenvalue weighted by Gasteiger charge is 2.49. The number of fused-ring (bicyclic) bond motifs is 1. The fraction of sp³-hybridized carbons (Fsp3) is 0.625. The lowest BCUT2D eigenvalue weighted by Crippen LogP contribution is -2.64. The maximum absolute atomic E-state index is 12.7. The second kappa shape index (κ2) is 9.90. The predicted octanol–water partition coefficient (Wildman–Crippen LogP) is 1.83. The number of piperazine rings is 1. The van der Waals surface area contributed by atoms with E-state index in [1.807, 2.05) is 0 Å². The fourth-order valence-electron chi connectivity index (χ4n) is 4.73. The van der Waals surface area contributed by atoms with Crippen molar-refractivity contribution in [2.75, 3.05) is 46.3 Å². The summed E-state index contributed by atoms with van der Waals surface area (Å²) in [5.41, 5.74) is 1.40. The van der Waals surface area contributed by atoms with Crippen LogP contribution in [0.2, 0.25) is 0 Å². The Hall–Kier alpha value is -2.61. The molecule has 3 heterocycles. The summed E-state index contributed by atoms with van der Waals surface area (Å²) >= 11 is 0. The van der Waals surface area contributed by atoms with Crippen LogP contribution in [0.4, 0.5) is 4.79 Å². The Morgan fingerprint density at radius 2 is 1.78 bits per heavy atom. The molecule has 1 aromatic carbocycles. The smallest absolute Gasteiger partial charge is 0.325 e. The van der Waals surface area contributed by atoms with Crippen molar-refractivity contribution in [1.29, 1.82) is 0 Å². The van der Waals surface area contributed by atoms with E-state index in [1.54, 1.807) is 11.9 Å². The van der Waals surface area contributed by atoms with Crippen LogP contribution in [-0.4, -0.2) is 96.0 Å². The SMILES string of the molecule is CC(C)CCN1C(N2CCN(CCCc3ccccc3)CC2)=NC2C1C(=O)NC(=O)N2C. The number of urea groups is 1. The first-order valence-corrected chi connectivity index (χ1v) is 11.9. The molecule has 0 spiro atoms. The van der Waals surface area contributed by atoms with Gasteiger partial charge < -0.3 is 14.7 Å². The molecule has 3 aliphatic rings. The molecule has 0 bridgehead atoms. The molecule has 0 aliphatic carbocycles. The molecular weight excluding hydrogens is 404 g/mol. The highest BCUT2D eigenvalue weighted by Crippen LogP contribution is 2.26. The van der Waals surface area contributed by atoms with Gasteiger partial charge in [-0.3, -0.25) is 15.0 Å². The molecule has 32 heavy (non-hydrogen) atoms. The van der Waals surface area contributed by atoms with E-state index in [9.17, 15) is 9.59 Å². The number of benzene rings is 1. The maximum atomic E-state index is 12.7. The number of nitrogens with one attached hydrogen (secondary N) is 1. The average molecular weight is 441 g/mol. The lowest BCUT2D eigenvalue weighted by atomic mass is 10.1. The average Bonchev–Trinajstić information content (AvgIpc) is 3.17. The Balaban J connectivity index is 1.37. The number of carbonyl (C=O) groups is 2. The Bertz CT molecular complexity index is 834. The van der Waals surface area contributed by atoms with Gasteiger partial charge in [-0.15, -0.1) is 0 Å². The number of aryl methyl sites for hydroxylation is 1. The normalized spacial score (nSPS) is 24.1. The van der Waals surface area contributed by atoms with Crippen molar-refractivity contribution in [2.24, 2.45) is 10.9 Å². The fourth-order valence-corrected chi connectivity index (χ4v) is 4.73. The van der Waals surface area contributed by atoms with E-state index in [1.165, 1.54) is 5.56 Å². The van der Waals surface area contributed by atoms with Crippen LogP contribution < -0.4 is 5.32 Å². The van der Waals surface area contributed by atoms with Crippen molar-refractivity contribution in [3.63, 3.8) is 0 Å². The van der Waals surface area contributed by atoms with E-state index in [2.05, 4.69) is 64.2 Å². The van der Waals surface area contributed by atoms with Crippen LogP contribution >= 0.6 is 0 Å². The van der Waals surface area contributed by atoms with Gasteiger partial charge in [-0.1, -0.05) is 44.2 Å². The molecule has 2 fully saturated rings. The second-order valence-corrected chi connectivity index (χ2v) is 9.49. The van der Waals surface area contributed by atoms with Crippen molar-refractivity contribution >= 4 is 17.9 Å². The molecule has 0 radical (unpaired) electrons. The number of aliphatic imine (C=N–C) groups is 1. The second-order valence-electron chi connectivity index (χ2n) is 9.49. The molecule has 2 atom stereocenters. The van der Waals surface area contributed by atoms with Crippen molar-refractivity contribution in [3.05, 3.63) is 35.9 Å². The highest BCUT2D eigenvalue weighted by atomic mass is 16.2. The summed E-state index contributed by atoms with van der Waals surface area (Å²) in [6.07, 6.45) is 2.80. The number of rotatable bonds is 7. The molecule has 1 N–H and O–H groups in total. The quantitative estimate of drug-likeness (QED) is 0.701. The van der Waals surface area contributed by atoms with Crippen molar-refractivity contribution < 1.29 is 9.59 Å². The molecule has 8 nitrogen and oxygen atoms in total. The molecule has 2 saturated heterocycles. The van der Waals surface area contributed by atoms with Crippen molar-refractivity contribution in [2.45, 2.75) is 45.3 Å². The van der Waals surface area contributed by atoms with Crippen molar-refractivity contribution in [1.82, 2.24) is 24.9 Å². The van der Waals surface area contributed by atoms with Crippen molar-refractivity contribution in [3.8, 4) is 0 Å². The number of likely N-dealkylation sites (N-methyl/N-ethyl adjacent to an activating group) is 1. The van der Waals surface area contributed by atoms with E-state index < -0.39 is 12.2 Å². The van der Waals surface area contributed by atoms with E-state index in [4.69, 9.17) is 4.99 Å². The summed E-state index contributed by atoms with van der Waals surface area (Å²) < 4.78 is 0. The number of carbonyl (C=O) groups excluding carboxylic acids is 2. The molecule has 8 heteroatoms. The van der Waals surface area contributed by atoms with Crippen LogP contribution in [0.1, 0.15) is 32.3 Å².